The van der Waals surface area contributed by atoms with Gasteiger partial charge in [-0.05, 0) is 36.5 Å². The summed E-state index contributed by atoms with van der Waals surface area (Å²) in [7, 11) is 0. The van der Waals surface area contributed by atoms with Gasteiger partial charge in [0.05, 0.1) is 24.4 Å². The highest BCUT2D eigenvalue weighted by Crippen LogP contribution is 2.38. The van der Waals surface area contributed by atoms with Crippen molar-refractivity contribution in [1.29, 1.82) is 5.26 Å². The third kappa shape index (κ3) is 5.35. The lowest BCUT2D eigenvalue weighted by Gasteiger charge is -2.36. The summed E-state index contributed by atoms with van der Waals surface area (Å²) in [5, 5.41) is 10.8. The minimum absolute atomic E-state index is 0.0584. The van der Waals surface area contributed by atoms with Crippen molar-refractivity contribution >= 4 is 23.4 Å². The Balaban J connectivity index is 1.73. The van der Waals surface area contributed by atoms with Crippen LogP contribution in [0.15, 0.2) is 54.6 Å². The first kappa shape index (κ1) is 25.9. The number of nitrogens with two attached hydrogens (primary N) is 1. The number of halogens is 1. The smallest absolute Gasteiger partial charge is 0.314 e. The molecule has 2 aromatic rings. The van der Waals surface area contributed by atoms with Crippen LogP contribution in [0, 0.1) is 17.2 Å². The maximum Gasteiger partial charge on any atom is 0.314 e. The molecule has 1 saturated heterocycles. The fourth-order valence-electron chi connectivity index (χ4n) is 5.50. The second-order valence-corrected chi connectivity index (χ2v) is 10.2. The number of rotatable bonds is 10. The Bertz CT molecular complexity index is 1030. The van der Waals surface area contributed by atoms with Crippen LogP contribution in [0.2, 0.25) is 5.02 Å². The molecule has 180 valence electrons. The SMILES string of the molecule is CC(C)[C@@](C#N)(CCCCC(=O)[N@@+]1(Cc2ccc(Cl)cc2)CCCC1C(N)=O)c1ccccc1. The van der Waals surface area contributed by atoms with Crippen molar-refractivity contribution in [2.45, 2.75) is 70.4 Å². The maximum absolute atomic E-state index is 13.6. The standard InChI is InChI=1S/C28H34ClN3O2/c1-21(2)28(20-30,23-9-4-3-5-10-23)17-7-6-12-26(33)32(18-8-11-25(32)27(31)34)19-22-13-15-24(29)16-14-22/h3-5,9-10,13-16,21,25H,6-8,11-12,17-19H2,1-2H3,(H-,31,34)/p+1/t25?,28-,32+/m0/s1. The molecular weight excluding hydrogens is 446 g/mol. The lowest BCUT2D eigenvalue weighted by atomic mass is 9.69. The summed E-state index contributed by atoms with van der Waals surface area (Å²) in [6, 6.07) is 19.5. The van der Waals surface area contributed by atoms with Gasteiger partial charge in [-0.25, -0.2) is 9.28 Å². The van der Waals surface area contributed by atoms with E-state index in [2.05, 4.69) is 19.9 Å². The number of unbranched alkanes of at least 4 members (excludes halogenated alkanes) is 1. The van der Waals surface area contributed by atoms with E-state index in [-0.39, 0.29) is 16.3 Å². The van der Waals surface area contributed by atoms with Crippen molar-refractivity contribution in [2.75, 3.05) is 6.54 Å². The summed E-state index contributed by atoms with van der Waals surface area (Å²) in [5.41, 5.74) is 7.17. The van der Waals surface area contributed by atoms with Crippen LogP contribution in [0.5, 0.6) is 0 Å². The second kappa shape index (κ2) is 11.2. The van der Waals surface area contributed by atoms with Crippen molar-refractivity contribution < 1.29 is 14.1 Å². The van der Waals surface area contributed by atoms with Crippen LogP contribution in [0.4, 0.5) is 0 Å². The molecule has 1 unspecified atom stereocenters. The van der Waals surface area contributed by atoms with E-state index in [1.54, 1.807) is 0 Å². The molecule has 0 radical (unpaired) electrons. The molecule has 2 amide bonds. The number of benzene rings is 2. The Morgan fingerprint density at radius 2 is 1.82 bits per heavy atom. The van der Waals surface area contributed by atoms with E-state index in [0.29, 0.717) is 43.8 Å². The van der Waals surface area contributed by atoms with Gasteiger partial charge < -0.3 is 5.73 Å². The molecule has 1 aliphatic heterocycles. The van der Waals surface area contributed by atoms with E-state index in [9.17, 15) is 14.9 Å². The van der Waals surface area contributed by atoms with Crippen LogP contribution in [-0.4, -0.2) is 28.9 Å². The average molecular weight is 481 g/mol. The molecule has 5 nitrogen and oxygen atoms in total. The Morgan fingerprint density at radius 1 is 1.15 bits per heavy atom. The molecule has 1 aliphatic rings. The predicted octanol–water partition coefficient (Wildman–Crippen LogP) is 5.51. The second-order valence-electron chi connectivity index (χ2n) is 9.81. The highest BCUT2D eigenvalue weighted by atomic mass is 35.5. The quantitative estimate of drug-likeness (QED) is 0.359. The fourth-order valence-corrected chi connectivity index (χ4v) is 5.63. The van der Waals surface area contributed by atoms with Gasteiger partial charge in [0.25, 0.3) is 5.91 Å². The van der Waals surface area contributed by atoms with Crippen LogP contribution >= 0.6 is 11.6 Å². The van der Waals surface area contributed by atoms with Crippen molar-refractivity contribution in [3.8, 4) is 6.07 Å². The Kier molecular flexibility index (Phi) is 8.52. The van der Waals surface area contributed by atoms with Crippen LogP contribution in [0.3, 0.4) is 0 Å². The minimum Gasteiger partial charge on any atom is -0.364 e. The van der Waals surface area contributed by atoms with Crippen LogP contribution in [0.25, 0.3) is 0 Å². The van der Waals surface area contributed by atoms with Crippen LogP contribution in [0.1, 0.15) is 63.5 Å². The molecule has 2 aromatic carbocycles. The fraction of sp³-hybridized carbons (Fsp3) is 0.464. The molecule has 34 heavy (non-hydrogen) atoms. The van der Waals surface area contributed by atoms with Crippen molar-refractivity contribution in [1.82, 2.24) is 0 Å². The van der Waals surface area contributed by atoms with Gasteiger partial charge in [-0.2, -0.15) is 5.26 Å². The van der Waals surface area contributed by atoms with E-state index in [1.165, 1.54) is 0 Å². The molecule has 0 spiro atoms. The first-order valence-corrected chi connectivity index (χ1v) is 12.5. The predicted molar refractivity (Wildman–Crippen MR) is 135 cm³/mol. The lowest BCUT2D eigenvalue weighted by Crippen LogP contribution is -2.59. The molecule has 0 aliphatic carbocycles. The first-order chi connectivity index (χ1) is 16.2. The highest BCUT2D eigenvalue weighted by Gasteiger charge is 2.50. The number of hydrogen-bond acceptors (Lipinski definition) is 3. The number of nitriles is 1. The number of amides is 2. The summed E-state index contributed by atoms with van der Waals surface area (Å²) in [6.07, 6.45) is 3.92. The van der Waals surface area contributed by atoms with Gasteiger partial charge in [0.2, 0.25) is 0 Å². The van der Waals surface area contributed by atoms with Crippen LogP contribution in [-0.2, 0) is 21.5 Å². The summed E-state index contributed by atoms with van der Waals surface area (Å²) in [6.45, 7) is 5.22. The summed E-state index contributed by atoms with van der Waals surface area (Å²) in [5.74, 6) is -0.202. The number of carbonyl (C=O) groups excluding carboxylic acids is 2. The van der Waals surface area contributed by atoms with E-state index in [1.807, 2.05) is 54.6 Å². The van der Waals surface area contributed by atoms with Gasteiger partial charge in [0, 0.05) is 23.4 Å². The zero-order valence-corrected chi connectivity index (χ0v) is 20.9. The van der Waals surface area contributed by atoms with Gasteiger partial charge in [-0.15, -0.1) is 0 Å². The van der Waals surface area contributed by atoms with Crippen molar-refractivity contribution in [2.24, 2.45) is 11.7 Å². The zero-order chi connectivity index (χ0) is 24.8. The molecule has 1 fully saturated rings. The van der Waals surface area contributed by atoms with E-state index < -0.39 is 17.4 Å². The summed E-state index contributed by atoms with van der Waals surface area (Å²) in [4.78, 5) is 25.9. The molecular formula is C28H35ClN3O2+. The topological polar surface area (TPSA) is 83.9 Å². The van der Waals surface area contributed by atoms with Crippen molar-refractivity contribution in [3.63, 3.8) is 0 Å². The molecule has 6 heteroatoms. The third-order valence-electron chi connectivity index (χ3n) is 7.52. The van der Waals surface area contributed by atoms with E-state index in [0.717, 1.165) is 24.0 Å². The highest BCUT2D eigenvalue weighted by molar-refractivity contribution is 6.30. The van der Waals surface area contributed by atoms with Crippen molar-refractivity contribution in [3.05, 3.63) is 70.7 Å². The Hall–Kier alpha value is -2.68. The molecule has 2 N–H and O–H groups in total. The molecule has 0 saturated carbocycles. The lowest BCUT2D eigenvalue weighted by molar-refractivity contribution is -0.871. The molecule has 0 bridgehead atoms. The molecule has 0 aromatic heterocycles. The number of quaternary nitrogens is 1. The number of likely N-dealkylation sites (tertiary alicyclic amines) is 1. The number of nitrogens with zero attached hydrogens (tertiary/aromatic N) is 2. The zero-order valence-electron chi connectivity index (χ0n) is 20.2. The third-order valence-corrected chi connectivity index (χ3v) is 7.77. The average Bonchev–Trinajstić information content (AvgIpc) is 3.26. The number of hydrogen-bond donors (Lipinski definition) is 1. The molecule has 1 heterocycles. The van der Waals surface area contributed by atoms with E-state index in [4.69, 9.17) is 17.3 Å². The van der Waals surface area contributed by atoms with E-state index >= 15 is 0 Å². The van der Waals surface area contributed by atoms with Gasteiger partial charge in [0.1, 0.15) is 6.54 Å². The van der Waals surface area contributed by atoms with Crippen LogP contribution < -0.4 is 5.73 Å². The van der Waals surface area contributed by atoms with Gasteiger partial charge in [-0.3, -0.25) is 4.79 Å². The Labute approximate surface area is 208 Å². The number of primary amides is 1. The Morgan fingerprint density at radius 3 is 2.41 bits per heavy atom. The normalized spacial score (nSPS) is 21.7. The maximum atomic E-state index is 13.6. The van der Waals surface area contributed by atoms with Gasteiger partial charge in [0.15, 0.2) is 6.04 Å². The summed E-state index contributed by atoms with van der Waals surface area (Å²) < 4.78 is 0.0865. The first-order valence-electron chi connectivity index (χ1n) is 12.2. The number of carbonyl (C=O) groups is 2. The van der Waals surface area contributed by atoms with Gasteiger partial charge in [-0.1, -0.05) is 74.3 Å². The van der Waals surface area contributed by atoms with Gasteiger partial charge >= 0.3 is 5.91 Å². The summed E-state index contributed by atoms with van der Waals surface area (Å²) >= 11 is 6.04. The minimum atomic E-state index is -0.580. The largest absolute Gasteiger partial charge is 0.364 e. The molecule has 3 rings (SSSR count). The molecule has 3 atom stereocenters. The monoisotopic (exact) mass is 480 g/mol.